The molecule has 0 spiro atoms. The molecule has 0 saturated carbocycles. The van der Waals surface area contributed by atoms with E-state index in [0.29, 0.717) is 13.1 Å². The van der Waals surface area contributed by atoms with Gasteiger partial charge in [-0.25, -0.2) is 0 Å². The highest BCUT2D eigenvalue weighted by molar-refractivity contribution is 7.12. The number of rotatable bonds is 5. The highest BCUT2D eigenvalue weighted by Crippen LogP contribution is 2.21. The number of nitrogens with two attached hydrogens (primary N) is 1. The number of likely N-dealkylation sites (tertiary alicyclic amines) is 1. The molecule has 1 aliphatic rings. The van der Waals surface area contributed by atoms with E-state index in [1.807, 2.05) is 27.3 Å². The van der Waals surface area contributed by atoms with Crippen molar-refractivity contribution in [2.75, 3.05) is 19.6 Å². The third-order valence-electron chi connectivity index (χ3n) is 4.06. The van der Waals surface area contributed by atoms with Crippen LogP contribution in [0.4, 0.5) is 0 Å². The first-order valence-corrected chi connectivity index (χ1v) is 8.81. The largest absolute Gasteiger partial charge is 0.341 e. The average Bonchev–Trinajstić information content (AvgIpc) is 3.06. The highest BCUT2D eigenvalue weighted by Gasteiger charge is 2.30. The van der Waals surface area contributed by atoms with Crippen LogP contribution in [0.25, 0.3) is 0 Å². The van der Waals surface area contributed by atoms with Crippen LogP contribution in [-0.4, -0.2) is 53.3 Å². The van der Waals surface area contributed by atoms with Gasteiger partial charge in [0.15, 0.2) is 0 Å². The van der Waals surface area contributed by atoms with E-state index in [0.717, 1.165) is 30.7 Å². The number of carbonyl (C=O) groups is 2. The van der Waals surface area contributed by atoms with Crippen molar-refractivity contribution >= 4 is 23.2 Å². The van der Waals surface area contributed by atoms with Crippen LogP contribution >= 0.6 is 11.3 Å². The highest BCUT2D eigenvalue weighted by atomic mass is 32.1. The van der Waals surface area contributed by atoms with Gasteiger partial charge in [0, 0.05) is 25.7 Å². The van der Waals surface area contributed by atoms with Crippen LogP contribution in [0.5, 0.6) is 0 Å². The van der Waals surface area contributed by atoms with Gasteiger partial charge in [-0.1, -0.05) is 13.0 Å². The molecule has 1 aliphatic heterocycles. The lowest BCUT2D eigenvalue weighted by atomic mass is 10.0. The Morgan fingerprint density at radius 2 is 2.14 bits per heavy atom. The van der Waals surface area contributed by atoms with Crippen molar-refractivity contribution < 1.29 is 9.59 Å². The van der Waals surface area contributed by atoms with Crippen LogP contribution in [0, 0.1) is 0 Å². The monoisotopic (exact) mass is 323 g/mol. The van der Waals surface area contributed by atoms with Crippen molar-refractivity contribution in [2.45, 2.75) is 45.2 Å². The molecular formula is C16H25N3O2S. The zero-order valence-electron chi connectivity index (χ0n) is 13.3. The Kier molecular flexibility index (Phi) is 5.97. The fourth-order valence-corrected chi connectivity index (χ4v) is 3.60. The molecule has 0 bridgehead atoms. The molecule has 2 N–H and O–H groups in total. The summed E-state index contributed by atoms with van der Waals surface area (Å²) < 4.78 is 0. The summed E-state index contributed by atoms with van der Waals surface area (Å²) in [5.74, 6) is 0.124. The molecule has 0 radical (unpaired) electrons. The molecule has 0 aromatic carbocycles. The summed E-state index contributed by atoms with van der Waals surface area (Å²) in [6.45, 7) is 5.94. The number of hydrogen-bond acceptors (Lipinski definition) is 4. The molecule has 122 valence electrons. The van der Waals surface area contributed by atoms with Crippen LogP contribution in [0.15, 0.2) is 17.5 Å². The molecule has 1 unspecified atom stereocenters. The molecule has 5 nitrogen and oxygen atoms in total. The molecule has 1 atom stereocenters. The van der Waals surface area contributed by atoms with Crippen LogP contribution in [0.3, 0.4) is 0 Å². The minimum absolute atomic E-state index is 0.00470. The first-order valence-electron chi connectivity index (χ1n) is 7.93. The second kappa shape index (κ2) is 7.74. The summed E-state index contributed by atoms with van der Waals surface area (Å²) in [6, 6.07) is 3.55. The molecule has 1 aromatic heterocycles. The summed E-state index contributed by atoms with van der Waals surface area (Å²) >= 11 is 1.49. The van der Waals surface area contributed by atoms with Crippen molar-refractivity contribution in [2.24, 2.45) is 5.73 Å². The van der Waals surface area contributed by atoms with E-state index in [1.165, 1.54) is 11.3 Å². The Morgan fingerprint density at radius 3 is 2.64 bits per heavy atom. The number of hydrogen-bond donors (Lipinski definition) is 1. The van der Waals surface area contributed by atoms with E-state index in [4.69, 9.17) is 5.73 Å². The molecule has 2 amide bonds. The summed E-state index contributed by atoms with van der Waals surface area (Å²) in [5, 5.41) is 1.93. The fourth-order valence-electron chi connectivity index (χ4n) is 2.92. The third kappa shape index (κ3) is 3.87. The van der Waals surface area contributed by atoms with E-state index in [9.17, 15) is 9.59 Å². The van der Waals surface area contributed by atoms with Crippen molar-refractivity contribution in [1.29, 1.82) is 0 Å². The Bertz CT molecular complexity index is 493. The summed E-state index contributed by atoms with van der Waals surface area (Å²) in [4.78, 5) is 29.2. The Balaban J connectivity index is 2.00. The van der Waals surface area contributed by atoms with Gasteiger partial charge in [0.1, 0.15) is 0 Å². The zero-order chi connectivity index (χ0) is 16.1. The van der Waals surface area contributed by atoms with E-state index in [2.05, 4.69) is 6.92 Å². The number of piperidine rings is 1. The molecule has 1 saturated heterocycles. The molecule has 6 heteroatoms. The molecule has 1 fully saturated rings. The summed E-state index contributed by atoms with van der Waals surface area (Å²) in [6.07, 6.45) is 2.60. The zero-order valence-corrected chi connectivity index (χ0v) is 14.1. The van der Waals surface area contributed by atoms with Gasteiger partial charge in [0.2, 0.25) is 5.91 Å². The topological polar surface area (TPSA) is 66.6 Å². The molecular weight excluding hydrogens is 298 g/mol. The van der Waals surface area contributed by atoms with Gasteiger partial charge < -0.3 is 15.5 Å². The predicted octanol–water partition coefficient (Wildman–Crippen LogP) is 1.94. The lowest BCUT2D eigenvalue weighted by Gasteiger charge is -2.39. The SMILES string of the molecule is CCCN(C(=O)c1cccs1)C1CCN(C(=O)C(C)N)CC1. The van der Waals surface area contributed by atoms with Gasteiger partial charge in [0.05, 0.1) is 10.9 Å². The number of amides is 2. The molecule has 2 rings (SSSR count). The summed E-state index contributed by atoms with van der Waals surface area (Å²) in [7, 11) is 0. The average molecular weight is 323 g/mol. The maximum Gasteiger partial charge on any atom is 0.264 e. The number of carbonyl (C=O) groups excluding carboxylic acids is 2. The second-order valence-electron chi connectivity index (χ2n) is 5.82. The van der Waals surface area contributed by atoms with Crippen molar-refractivity contribution in [3.05, 3.63) is 22.4 Å². The van der Waals surface area contributed by atoms with Crippen molar-refractivity contribution in [3.63, 3.8) is 0 Å². The minimum Gasteiger partial charge on any atom is -0.341 e. The molecule has 1 aromatic rings. The first kappa shape index (κ1) is 17.0. The Morgan fingerprint density at radius 1 is 1.45 bits per heavy atom. The molecule has 0 aliphatic carbocycles. The maximum absolute atomic E-state index is 12.7. The second-order valence-corrected chi connectivity index (χ2v) is 6.77. The van der Waals surface area contributed by atoms with Crippen LogP contribution in [0.1, 0.15) is 42.8 Å². The number of nitrogens with zero attached hydrogens (tertiary/aromatic N) is 2. The quantitative estimate of drug-likeness (QED) is 0.900. The van der Waals surface area contributed by atoms with E-state index in [-0.39, 0.29) is 17.9 Å². The van der Waals surface area contributed by atoms with Gasteiger partial charge in [-0.2, -0.15) is 0 Å². The van der Waals surface area contributed by atoms with E-state index >= 15 is 0 Å². The molecule has 2 heterocycles. The van der Waals surface area contributed by atoms with Crippen LogP contribution < -0.4 is 5.73 Å². The standard InChI is InChI=1S/C16H25N3O2S/c1-3-8-19(16(21)14-5-4-11-22-14)13-6-9-18(10-7-13)15(20)12(2)17/h4-5,11-13H,3,6-10,17H2,1-2H3. The Labute approximate surface area is 136 Å². The third-order valence-corrected chi connectivity index (χ3v) is 4.92. The van der Waals surface area contributed by atoms with Crippen LogP contribution in [-0.2, 0) is 4.79 Å². The lowest BCUT2D eigenvalue weighted by Crippen LogP contribution is -2.51. The van der Waals surface area contributed by atoms with E-state index in [1.54, 1.807) is 6.92 Å². The minimum atomic E-state index is -0.448. The van der Waals surface area contributed by atoms with Crippen molar-refractivity contribution in [1.82, 2.24) is 9.80 Å². The van der Waals surface area contributed by atoms with Gasteiger partial charge >= 0.3 is 0 Å². The number of thiophene rings is 1. The fraction of sp³-hybridized carbons (Fsp3) is 0.625. The van der Waals surface area contributed by atoms with Gasteiger partial charge in [0.25, 0.3) is 5.91 Å². The summed E-state index contributed by atoms with van der Waals surface area (Å²) in [5.41, 5.74) is 5.67. The van der Waals surface area contributed by atoms with Gasteiger partial charge in [-0.05, 0) is 37.6 Å². The Hall–Kier alpha value is -1.40. The van der Waals surface area contributed by atoms with Gasteiger partial charge in [-0.15, -0.1) is 11.3 Å². The maximum atomic E-state index is 12.7. The molecule has 22 heavy (non-hydrogen) atoms. The smallest absolute Gasteiger partial charge is 0.264 e. The van der Waals surface area contributed by atoms with E-state index < -0.39 is 6.04 Å². The van der Waals surface area contributed by atoms with Gasteiger partial charge in [-0.3, -0.25) is 9.59 Å². The lowest BCUT2D eigenvalue weighted by molar-refractivity contribution is -0.133. The first-order chi connectivity index (χ1) is 10.5. The van der Waals surface area contributed by atoms with Crippen LogP contribution in [0.2, 0.25) is 0 Å². The normalized spacial score (nSPS) is 17.3. The predicted molar refractivity (Wildman–Crippen MR) is 88.9 cm³/mol. The van der Waals surface area contributed by atoms with Crippen molar-refractivity contribution in [3.8, 4) is 0 Å².